The fourth-order valence-electron chi connectivity index (χ4n) is 1.97. The van der Waals surface area contributed by atoms with Crippen LogP contribution in [0.1, 0.15) is 27.2 Å². The van der Waals surface area contributed by atoms with Crippen LogP contribution >= 0.6 is 0 Å². The molecule has 0 aromatic heterocycles. The lowest BCUT2D eigenvalue weighted by Crippen LogP contribution is -2.42. The van der Waals surface area contributed by atoms with E-state index in [4.69, 9.17) is 4.74 Å². The van der Waals surface area contributed by atoms with Crippen LogP contribution in [0.3, 0.4) is 0 Å². The number of β-amino-alcohol motifs (C(OH)–C–C–N with tert-alkyl or cyclic N) is 1. The number of likely N-dealkylation sites (tertiary alicyclic amines) is 1. The van der Waals surface area contributed by atoms with Crippen LogP contribution in [0.2, 0.25) is 0 Å². The molecule has 1 fully saturated rings. The van der Waals surface area contributed by atoms with Crippen LogP contribution in [0, 0.1) is 0 Å². The fraction of sp³-hybridized carbons (Fsp3) is 0.833. The van der Waals surface area contributed by atoms with Crippen molar-refractivity contribution in [3.8, 4) is 0 Å². The molecule has 2 atom stereocenters. The quantitative estimate of drug-likeness (QED) is 0.715. The first-order valence-corrected chi connectivity index (χ1v) is 5.94. The molecule has 0 spiro atoms. The summed E-state index contributed by atoms with van der Waals surface area (Å²) in [5.41, 5.74) is -0.559. The molecule has 1 saturated heterocycles. The van der Waals surface area contributed by atoms with Crippen molar-refractivity contribution in [1.82, 2.24) is 4.90 Å². The average Bonchev–Trinajstić information content (AvgIpc) is 2.55. The van der Waals surface area contributed by atoms with Gasteiger partial charge in [-0.1, -0.05) is 0 Å². The van der Waals surface area contributed by atoms with Gasteiger partial charge in [-0.15, -0.1) is 0 Å². The molecule has 6 nitrogen and oxygen atoms in total. The number of nitrogens with zero attached hydrogens (tertiary/aromatic N) is 1. The van der Waals surface area contributed by atoms with Crippen molar-refractivity contribution in [2.75, 3.05) is 20.2 Å². The molecular formula is C12H21NO5. The SMILES string of the molecule is COC(=O)C1C[C@@H](O)CN1CC(=O)OC(C)(C)C. The van der Waals surface area contributed by atoms with Gasteiger partial charge in [0.15, 0.2) is 0 Å². The van der Waals surface area contributed by atoms with E-state index in [0.717, 1.165) is 0 Å². The smallest absolute Gasteiger partial charge is 0.323 e. The third kappa shape index (κ3) is 4.27. The van der Waals surface area contributed by atoms with E-state index in [1.54, 1.807) is 25.7 Å². The molecule has 104 valence electrons. The summed E-state index contributed by atoms with van der Waals surface area (Å²) in [7, 11) is 1.29. The lowest BCUT2D eigenvalue weighted by molar-refractivity contribution is -0.157. The van der Waals surface area contributed by atoms with Crippen molar-refractivity contribution in [1.29, 1.82) is 0 Å². The normalized spacial score (nSPS) is 24.9. The number of aliphatic hydroxyl groups excluding tert-OH is 1. The molecule has 1 heterocycles. The highest BCUT2D eigenvalue weighted by molar-refractivity contribution is 5.78. The predicted molar refractivity (Wildman–Crippen MR) is 63.8 cm³/mol. The minimum absolute atomic E-state index is 0.0197. The summed E-state index contributed by atoms with van der Waals surface area (Å²) in [6.07, 6.45) is -0.327. The largest absolute Gasteiger partial charge is 0.468 e. The molecule has 1 unspecified atom stereocenters. The van der Waals surface area contributed by atoms with Crippen LogP contribution < -0.4 is 0 Å². The van der Waals surface area contributed by atoms with Gasteiger partial charge in [0, 0.05) is 13.0 Å². The Hall–Kier alpha value is -1.14. The van der Waals surface area contributed by atoms with Gasteiger partial charge in [0.2, 0.25) is 0 Å². The third-order valence-electron chi connectivity index (χ3n) is 2.61. The van der Waals surface area contributed by atoms with Gasteiger partial charge < -0.3 is 14.6 Å². The highest BCUT2D eigenvalue weighted by atomic mass is 16.6. The summed E-state index contributed by atoms with van der Waals surface area (Å²) in [5.74, 6) is -0.847. The topological polar surface area (TPSA) is 76.1 Å². The van der Waals surface area contributed by atoms with E-state index in [0.29, 0.717) is 0 Å². The minimum atomic E-state index is -0.614. The number of esters is 2. The first kappa shape index (κ1) is 14.9. The van der Waals surface area contributed by atoms with Crippen LogP contribution in [-0.4, -0.2) is 59.9 Å². The molecule has 1 aliphatic rings. The Kier molecular flexibility index (Phi) is 4.70. The van der Waals surface area contributed by atoms with Gasteiger partial charge in [0.05, 0.1) is 19.8 Å². The molecule has 0 aromatic carbocycles. The van der Waals surface area contributed by atoms with Crippen LogP contribution in [0.25, 0.3) is 0 Å². The van der Waals surface area contributed by atoms with E-state index in [9.17, 15) is 14.7 Å². The zero-order valence-corrected chi connectivity index (χ0v) is 11.3. The fourth-order valence-corrected chi connectivity index (χ4v) is 1.97. The molecule has 0 aliphatic carbocycles. The number of carbonyl (C=O) groups is 2. The first-order chi connectivity index (χ1) is 8.23. The highest BCUT2D eigenvalue weighted by Gasteiger charge is 2.38. The molecule has 0 bridgehead atoms. The van der Waals surface area contributed by atoms with E-state index < -0.39 is 29.7 Å². The highest BCUT2D eigenvalue weighted by Crippen LogP contribution is 2.19. The summed E-state index contributed by atoms with van der Waals surface area (Å²) in [4.78, 5) is 24.8. The number of rotatable bonds is 3. The zero-order chi connectivity index (χ0) is 13.9. The summed E-state index contributed by atoms with van der Waals surface area (Å²) in [5, 5.41) is 9.56. The molecule has 18 heavy (non-hydrogen) atoms. The molecule has 0 aromatic rings. The number of ether oxygens (including phenoxy) is 2. The van der Waals surface area contributed by atoms with Crippen molar-refractivity contribution in [3.05, 3.63) is 0 Å². The number of carbonyl (C=O) groups excluding carboxylic acids is 2. The number of methoxy groups -OCH3 is 1. The maximum absolute atomic E-state index is 11.7. The lowest BCUT2D eigenvalue weighted by Gasteiger charge is -2.24. The van der Waals surface area contributed by atoms with Gasteiger partial charge in [-0.25, -0.2) is 0 Å². The van der Waals surface area contributed by atoms with Gasteiger partial charge in [-0.2, -0.15) is 0 Å². The Morgan fingerprint density at radius 1 is 1.39 bits per heavy atom. The van der Waals surface area contributed by atoms with Crippen molar-refractivity contribution in [3.63, 3.8) is 0 Å². The molecule has 0 amide bonds. The Morgan fingerprint density at radius 2 is 2.00 bits per heavy atom. The minimum Gasteiger partial charge on any atom is -0.468 e. The Morgan fingerprint density at radius 3 is 2.50 bits per heavy atom. The van der Waals surface area contributed by atoms with E-state index >= 15 is 0 Å². The van der Waals surface area contributed by atoms with Crippen LogP contribution in [0.15, 0.2) is 0 Å². The molecule has 1 N–H and O–H groups in total. The van der Waals surface area contributed by atoms with Crippen molar-refractivity contribution in [2.45, 2.75) is 44.9 Å². The number of hydrogen-bond acceptors (Lipinski definition) is 6. The van der Waals surface area contributed by atoms with Crippen molar-refractivity contribution in [2.24, 2.45) is 0 Å². The van der Waals surface area contributed by atoms with Gasteiger partial charge in [-0.3, -0.25) is 14.5 Å². The molecule has 0 saturated carbocycles. The van der Waals surface area contributed by atoms with Gasteiger partial charge in [0.1, 0.15) is 11.6 Å². The summed E-state index contributed by atoms with van der Waals surface area (Å²) in [6.45, 7) is 5.59. The van der Waals surface area contributed by atoms with Gasteiger partial charge in [-0.05, 0) is 20.8 Å². The standard InChI is InChI=1S/C12H21NO5/c1-12(2,3)18-10(15)7-13-6-8(14)5-9(13)11(16)17-4/h8-9,14H,5-7H2,1-4H3/t8-,9?/m1/s1. The molecule has 0 radical (unpaired) electrons. The van der Waals surface area contributed by atoms with Crippen molar-refractivity contribution >= 4 is 11.9 Å². The van der Waals surface area contributed by atoms with Gasteiger partial charge >= 0.3 is 11.9 Å². The van der Waals surface area contributed by atoms with Crippen LogP contribution in [-0.2, 0) is 19.1 Å². The Bertz CT molecular complexity index is 323. The second-order valence-electron chi connectivity index (χ2n) is 5.44. The van der Waals surface area contributed by atoms with Crippen molar-refractivity contribution < 1.29 is 24.2 Å². The summed E-state index contributed by atoms with van der Waals surface area (Å²) < 4.78 is 9.83. The molecule has 6 heteroatoms. The Labute approximate surface area is 107 Å². The average molecular weight is 259 g/mol. The maximum atomic E-state index is 11.7. The Balaban J connectivity index is 2.59. The summed E-state index contributed by atoms with van der Waals surface area (Å²) >= 11 is 0. The summed E-state index contributed by atoms with van der Waals surface area (Å²) in [6, 6.07) is -0.572. The van der Waals surface area contributed by atoms with E-state index in [1.165, 1.54) is 7.11 Å². The number of hydrogen-bond donors (Lipinski definition) is 1. The lowest BCUT2D eigenvalue weighted by atomic mass is 10.2. The van der Waals surface area contributed by atoms with E-state index in [-0.39, 0.29) is 19.5 Å². The van der Waals surface area contributed by atoms with Crippen LogP contribution in [0.4, 0.5) is 0 Å². The van der Waals surface area contributed by atoms with Crippen LogP contribution in [0.5, 0.6) is 0 Å². The first-order valence-electron chi connectivity index (χ1n) is 5.94. The second kappa shape index (κ2) is 5.67. The zero-order valence-electron chi connectivity index (χ0n) is 11.3. The second-order valence-corrected chi connectivity index (χ2v) is 5.44. The molecule has 1 aliphatic heterocycles. The number of aliphatic hydroxyl groups is 1. The van der Waals surface area contributed by atoms with Gasteiger partial charge in [0.25, 0.3) is 0 Å². The maximum Gasteiger partial charge on any atom is 0.323 e. The third-order valence-corrected chi connectivity index (χ3v) is 2.61. The van der Waals surface area contributed by atoms with E-state index in [1.807, 2.05) is 0 Å². The van der Waals surface area contributed by atoms with E-state index in [2.05, 4.69) is 4.74 Å². The monoisotopic (exact) mass is 259 g/mol. The molecule has 1 rings (SSSR count). The predicted octanol–water partition coefficient (Wildman–Crippen LogP) is -0.0637. The molecular weight excluding hydrogens is 238 g/mol.